The lowest BCUT2D eigenvalue weighted by Gasteiger charge is -2.09. The molecule has 0 fully saturated rings. The average Bonchev–Trinajstić information content (AvgIpc) is 2.41. The molecule has 0 spiro atoms. The van der Waals surface area contributed by atoms with Crippen LogP contribution in [0, 0.1) is 17.1 Å². The zero-order valence-electron chi connectivity index (χ0n) is 10.0. The summed E-state index contributed by atoms with van der Waals surface area (Å²) >= 11 is 0. The van der Waals surface area contributed by atoms with Crippen molar-refractivity contribution in [2.75, 3.05) is 0 Å². The number of benzene rings is 2. The van der Waals surface area contributed by atoms with Gasteiger partial charge in [0, 0.05) is 0 Å². The van der Waals surface area contributed by atoms with Crippen molar-refractivity contribution in [2.45, 2.75) is 18.8 Å². The van der Waals surface area contributed by atoms with Gasteiger partial charge in [-0.25, -0.2) is 4.39 Å². The Kier molecular flexibility index (Phi) is 4.09. The SMILES string of the molecule is N#CC(CCc1cccc(F)c1)c1ccccc1. The van der Waals surface area contributed by atoms with E-state index in [0.717, 1.165) is 11.1 Å². The van der Waals surface area contributed by atoms with Crippen LogP contribution in [0.5, 0.6) is 0 Å². The second-order valence-electron chi connectivity index (χ2n) is 4.26. The van der Waals surface area contributed by atoms with Crippen molar-refractivity contribution < 1.29 is 4.39 Å². The summed E-state index contributed by atoms with van der Waals surface area (Å²) in [5.41, 5.74) is 1.96. The zero-order chi connectivity index (χ0) is 12.8. The summed E-state index contributed by atoms with van der Waals surface area (Å²) in [5, 5.41) is 9.19. The molecule has 0 aliphatic carbocycles. The fourth-order valence-corrected chi connectivity index (χ4v) is 1.99. The van der Waals surface area contributed by atoms with Crippen LogP contribution in [-0.4, -0.2) is 0 Å². The van der Waals surface area contributed by atoms with Crippen LogP contribution in [0.4, 0.5) is 4.39 Å². The molecule has 1 unspecified atom stereocenters. The van der Waals surface area contributed by atoms with Gasteiger partial charge in [-0.1, -0.05) is 42.5 Å². The van der Waals surface area contributed by atoms with Crippen LogP contribution in [0.3, 0.4) is 0 Å². The summed E-state index contributed by atoms with van der Waals surface area (Å²) in [7, 11) is 0. The normalized spacial score (nSPS) is 11.8. The standard InChI is InChI=1S/C16H14FN/c17-16-8-4-5-13(11-16)9-10-15(12-18)14-6-2-1-3-7-14/h1-8,11,15H,9-10H2. The van der Waals surface area contributed by atoms with Crippen molar-refractivity contribution >= 4 is 0 Å². The smallest absolute Gasteiger partial charge is 0.123 e. The third-order valence-electron chi connectivity index (χ3n) is 2.97. The maximum Gasteiger partial charge on any atom is 0.123 e. The van der Waals surface area contributed by atoms with Gasteiger partial charge in [-0.3, -0.25) is 0 Å². The Labute approximate surface area is 107 Å². The first-order valence-corrected chi connectivity index (χ1v) is 5.98. The van der Waals surface area contributed by atoms with Gasteiger partial charge in [-0.15, -0.1) is 0 Å². The lowest BCUT2D eigenvalue weighted by Crippen LogP contribution is -1.98. The summed E-state index contributed by atoms with van der Waals surface area (Å²) in [5.74, 6) is -0.352. The minimum Gasteiger partial charge on any atom is -0.207 e. The van der Waals surface area contributed by atoms with Crippen LogP contribution >= 0.6 is 0 Å². The van der Waals surface area contributed by atoms with Crippen molar-refractivity contribution in [3.8, 4) is 6.07 Å². The predicted molar refractivity (Wildman–Crippen MR) is 69.5 cm³/mol. The highest BCUT2D eigenvalue weighted by Gasteiger charge is 2.10. The van der Waals surface area contributed by atoms with Crippen molar-refractivity contribution in [3.63, 3.8) is 0 Å². The van der Waals surface area contributed by atoms with E-state index in [2.05, 4.69) is 6.07 Å². The molecule has 2 heteroatoms. The van der Waals surface area contributed by atoms with Gasteiger partial charge in [0.05, 0.1) is 12.0 Å². The Morgan fingerprint density at radius 3 is 2.50 bits per heavy atom. The molecule has 0 N–H and O–H groups in total. The van der Waals surface area contributed by atoms with E-state index in [1.165, 1.54) is 12.1 Å². The molecule has 1 atom stereocenters. The van der Waals surface area contributed by atoms with E-state index < -0.39 is 0 Å². The summed E-state index contributed by atoms with van der Waals surface area (Å²) in [6.07, 6.45) is 1.43. The largest absolute Gasteiger partial charge is 0.207 e. The highest BCUT2D eigenvalue weighted by atomic mass is 19.1. The molecule has 0 saturated carbocycles. The Hall–Kier alpha value is -2.14. The fraction of sp³-hybridized carbons (Fsp3) is 0.188. The summed E-state index contributed by atoms with van der Waals surface area (Å²) in [6.45, 7) is 0. The Balaban J connectivity index is 2.03. The van der Waals surface area contributed by atoms with Crippen LogP contribution in [0.25, 0.3) is 0 Å². The summed E-state index contributed by atoms with van der Waals surface area (Å²) in [4.78, 5) is 0. The molecule has 18 heavy (non-hydrogen) atoms. The molecule has 0 heterocycles. The van der Waals surface area contributed by atoms with Crippen molar-refractivity contribution in [1.82, 2.24) is 0 Å². The van der Waals surface area contributed by atoms with Gasteiger partial charge in [0.25, 0.3) is 0 Å². The lowest BCUT2D eigenvalue weighted by molar-refractivity contribution is 0.623. The van der Waals surface area contributed by atoms with Gasteiger partial charge in [0.15, 0.2) is 0 Å². The highest BCUT2D eigenvalue weighted by Crippen LogP contribution is 2.21. The van der Waals surface area contributed by atoms with E-state index in [9.17, 15) is 9.65 Å². The van der Waals surface area contributed by atoms with Crippen LogP contribution in [0.2, 0.25) is 0 Å². The molecule has 0 saturated heterocycles. The van der Waals surface area contributed by atoms with Crippen LogP contribution in [0.1, 0.15) is 23.5 Å². The lowest BCUT2D eigenvalue weighted by atomic mass is 9.94. The molecule has 0 aliphatic rings. The molecule has 2 aromatic rings. The van der Waals surface area contributed by atoms with Gasteiger partial charge >= 0.3 is 0 Å². The van der Waals surface area contributed by atoms with E-state index in [4.69, 9.17) is 0 Å². The third-order valence-corrected chi connectivity index (χ3v) is 2.97. The second kappa shape index (κ2) is 5.97. The minimum atomic E-state index is -0.222. The fourth-order valence-electron chi connectivity index (χ4n) is 1.99. The van der Waals surface area contributed by atoms with Crippen LogP contribution in [0.15, 0.2) is 54.6 Å². The number of hydrogen-bond donors (Lipinski definition) is 0. The monoisotopic (exact) mass is 239 g/mol. The molecule has 0 aliphatic heterocycles. The molecule has 90 valence electrons. The van der Waals surface area contributed by atoms with E-state index >= 15 is 0 Å². The molecule has 0 bridgehead atoms. The van der Waals surface area contributed by atoms with Crippen LogP contribution < -0.4 is 0 Å². The predicted octanol–water partition coefficient (Wildman–Crippen LogP) is 4.07. The first-order chi connectivity index (χ1) is 8.79. The number of aryl methyl sites for hydroxylation is 1. The first-order valence-electron chi connectivity index (χ1n) is 5.98. The number of nitrogens with zero attached hydrogens (tertiary/aromatic N) is 1. The molecule has 2 aromatic carbocycles. The van der Waals surface area contributed by atoms with Gasteiger partial charge in [-0.2, -0.15) is 5.26 Å². The molecule has 0 aromatic heterocycles. The van der Waals surface area contributed by atoms with E-state index in [1.54, 1.807) is 6.07 Å². The summed E-state index contributed by atoms with van der Waals surface area (Å²) < 4.78 is 13.0. The maximum absolute atomic E-state index is 13.0. The topological polar surface area (TPSA) is 23.8 Å². The average molecular weight is 239 g/mol. The number of rotatable bonds is 4. The van der Waals surface area contributed by atoms with Crippen molar-refractivity contribution in [2.24, 2.45) is 0 Å². The second-order valence-corrected chi connectivity index (χ2v) is 4.26. The first kappa shape index (κ1) is 12.3. The van der Waals surface area contributed by atoms with Gasteiger partial charge in [-0.05, 0) is 36.1 Å². The molecule has 0 amide bonds. The zero-order valence-corrected chi connectivity index (χ0v) is 10.0. The number of halogens is 1. The number of nitriles is 1. The van der Waals surface area contributed by atoms with Gasteiger partial charge < -0.3 is 0 Å². The molecular formula is C16H14FN. The number of hydrogen-bond acceptors (Lipinski definition) is 1. The third kappa shape index (κ3) is 3.18. The Morgan fingerprint density at radius 1 is 1.06 bits per heavy atom. The molecular weight excluding hydrogens is 225 g/mol. The van der Waals surface area contributed by atoms with E-state index in [0.29, 0.717) is 12.8 Å². The van der Waals surface area contributed by atoms with E-state index in [1.807, 2.05) is 36.4 Å². The Morgan fingerprint density at radius 2 is 1.83 bits per heavy atom. The van der Waals surface area contributed by atoms with Crippen molar-refractivity contribution in [3.05, 3.63) is 71.5 Å². The van der Waals surface area contributed by atoms with E-state index in [-0.39, 0.29) is 11.7 Å². The quantitative estimate of drug-likeness (QED) is 0.789. The molecule has 2 rings (SSSR count). The minimum absolute atomic E-state index is 0.130. The molecule has 1 nitrogen and oxygen atoms in total. The molecule has 0 radical (unpaired) electrons. The summed E-state index contributed by atoms with van der Waals surface area (Å²) in [6, 6.07) is 18.6. The van der Waals surface area contributed by atoms with Crippen LogP contribution in [-0.2, 0) is 6.42 Å². The highest BCUT2D eigenvalue weighted by molar-refractivity contribution is 5.25. The van der Waals surface area contributed by atoms with Crippen molar-refractivity contribution in [1.29, 1.82) is 5.26 Å². The van der Waals surface area contributed by atoms with Gasteiger partial charge in [0.2, 0.25) is 0 Å². The maximum atomic E-state index is 13.0. The van der Waals surface area contributed by atoms with Gasteiger partial charge in [0.1, 0.15) is 5.82 Å². The Bertz CT molecular complexity index is 543.